The van der Waals surface area contributed by atoms with E-state index in [1.165, 1.54) is 6.42 Å². The molecule has 0 bridgehead atoms. The third kappa shape index (κ3) is 2.49. The number of aryl methyl sites for hydroxylation is 1. The van der Waals surface area contributed by atoms with Crippen molar-refractivity contribution in [1.82, 2.24) is 30.5 Å². The monoisotopic (exact) mass is 260 g/mol. The quantitative estimate of drug-likeness (QED) is 0.828. The van der Waals surface area contributed by atoms with Crippen LogP contribution in [0.15, 0.2) is 12.4 Å². The summed E-state index contributed by atoms with van der Waals surface area (Å²) in [6.07, 6.45) is 7.62. The highest BCUT2D eigenvalue weighted by Gasteiger charge is 2.21. The SMILES string of the molecule is O=C(NCCn1ccnn1)c1n[nH]c2c1CCCC2. The van der Waals surface area contributed by atoms with E-state index in [0.29, 0.717) is 18.8 Å². The summed E-state index contributed by atoms with van der Waals surface area (Å²) in [7, 11) is 0. The van der Waals surface area contributed by atoms with E-state index in [9.17, 15) is 4.79 Å². The lowest BCUT2D eigenvalue weighted by Gasteiger charge is -2.11. The second-order valence-electron chi connectivity index (χ2n) is 4.66. The molecule has 0 saturated heterocycles. The Bertz CT molecular complexity index is 559. The fraction of sp³-hybridized carbons (Fsp3) is 0.500. The molecule has 0 atom stereocenters. The van der Waals surface area contributed by atoms with Gasteiger partial charge in [-0.25, -0.2) is 0 Å². The van der Waals surface area contributed by atoms with Gasteiger partial charge in [-0.3, -0.25) is 14.6 Å². The Hall–Kier alpha value is -2.18. The van der Waals surface area contributed by atoms with Crippen LogP contribution >= 0.6 is 0 Å². The first-order valence-electron chi connectivity index (χ1n) is 6.53. The van der Waals surface area contributed by atoms with Crippen molar-refractivity contribution in [2.45, 2.75) is 32.2 Å². The molecule has 0 fully saturated rings. The van der Waals surface area contributed by atoms with Crippen LogP contribution in [0.1, 0.15) is 34.6 Å². The number of amides is 1. The van der Waals surface area contributed by atoms with Crippen LogP contribution in [0.2, 0.25) is 0 Å². The molecular formula is C12H16N6O. The molecule has 2 N–H and O–H groups in total. The maximum Gasteiger partial charge on any atom is 0.272 e. The molecule has 1 amide bonds. The third-order valence-corrected chi connectivity index (χ3v) is 3.37. The number of hydrogen-bond acceptors (Lipinski definition) is 4. The van der Waals surface area contributed by atoms with Crippen LogP contribution in [-0.2, 0) is 19.4 Å². The summed E-state index contributed by atoms with van der Waals surface area (Å²) in [5, 5.41) is 17.5. The standard InChI is InChI=1S/C12H16N6O/c19-12(13-5-7-18-8-6-14-17-18)11-9-3-1-2-4-10(9)15-16-11/h6,8H,1-5,7H2,(H,13,19)(H,15,16). The lowest BCUT2D eigenvalue weighted by atomic mass is 9.96. The van der Waals surface area contributed by atoms with Crippen molar-refractivity contribution in [3.8, 4) is 0 Å². The number of hydrogen-bond donors (Lipinski definition) is 2. The summed E-state index contributed by atoms with van der Waals surface area (Å²) in [6, 6.07) is 0. The molecule has 0 spiro atoms. The van der Waals surface area contributed by atoms with Gasteiger partial charge in [-0.15, -0.1) is 5.10 Å². The highest BCUT2D eigenvalue weighted by molar-refractivity contribution is 5.94. The Kier molecular flexibility index (Phi) is 3.26. The Labute approximate surface area is 110 Å². The number of fused-ring (bicyclic) bond motifs is 1. The molecule has 0 aromatic carbocycles. The highest BCUT2D eigenvalue weighted by Crippen LogP contribution is 2.21. The van der Waals surface area contributed by atoms with E-state index >= 15 is 0 Å². The van der Waals surface area contributed by atoms with Gasteiger partial charge < -0.3 is 5.32 Å². The van der Waals surface area contributed by atoms with Gasteiger partial charge in [0.25, 0.3) is 5.91 Å². The van der Waals surface area contributed by atoms with Gasteiger partial charge in [0.1, 0.15) is 0 Å². The van der Waals surface area contributed by atoms with Crippen molar-refractivity contribution >= 4 is 5.91 Å². The average Bonchev–Trinajstić information content (AvgIpc) is 3.07. The number of nitrogens with zero attached hydrogens (tertiary/aromatic N) is 4. The van der Waals surface area contributed by atoms with Gasteiger partial charge in [-0.05, 0) is 25.7 Å². The molecule has 1 aliphatic rings. The molecule has 2 aromatic heterocycles. The van der Waals surface area contributed by atoms with Crippen LogP contribution in [0.25, 0.3) is 0 Å². The number of carbonyl (C=O) groups excluding carboxylic acids is 1. The Morgan fingerprint density at radius 3 is 3.16 bits per heavy atom. The second kappa shape index (κ2) is 5.21. The van der Waals surface area contributed by atoms with Crippen molar-refractivity contribution in [3.63, 3.8) is 0 Å². The molecule has 3 rings (SSSR count). The van der Waals surface area contributed by atoms with Crippen molar-refractivity contribution in [2.75, 3.05) is 6.54 Å². The Balaban J connectivity index is 1.59. The summed E-state index contributed by atoms with van der Waals surface area (Å²) in [4.78, 5) is 12.1. The van der Waals surface area contributed by atoms with E-state index in [1.54, 1.807) is 17.1 Å². The number of aromatic nitrogens is 5. The zero-order valence-corrected chi connectivity index (χ0v) is 10.6. The Morgan fingerprint density at radius 1 is 1.42 bits per heavy atom. The molecule has 2 aromatic rings. The maximum atomic E-state index is 12.1. The molecule has 7 nitrogen and oxygen atoms in total. The predicted molar refractivity (Wildman–Crippen MR) is 67.6 cm³/mol. The maximum absolute atomic E-state index is 12.1. The average molecular weight is 260 g/mol. The first kappa shape index (κ1) is 11.9. The van der Waals surface area contributed by atoms with Crippen molar-refractivity contribution in [3.05, 3.63) is 29.3 Å². The first-order chi connectivity index (χ1) is 9.34. The summed E-state index contributed by atoms with van der Waals surface area (Å²) in [5.41, 5.74) is 2.76. The summed E-state index contributed by atoms with van der Waals surface area (Å²) >= 11 is 0. The highest BCUT2D eigenvalue weighted by atomic mass is 16.1. The molecule has 7 heteroatoms. The smallest absolute Gasteiger partial charge is 0.272 e. The zero-order chi connectivity index (χ0) is 13.1. The molecule has 19 heavy (non-hydrogen) atoms. The zero-order valence-electron chi connectivity index (χ0n) is 10.6. The normalized spacial score (nSPS) is 14.1. The molecule has 0 radical (unpaired) electrons. The number of aromatic amines is 1. The fourth-order valence-electron chi connectivity index (χ4n) is 2.39. The van der Waals surface area contributed by atoms with E-state index in [4.69, 9.17) is 0 Å². The largest absolute Gasteiger partial charge is 0.349 e. The van der Waals surface area contributed by atoms with E-state index in [1.807, 2.05) is 0 Å². The van der Waals surface area contributed by atoms with Crippen LogP contribution in [0.3, 0.4) is 0 Å². The molecule has 1 aliphatic carbocycles. The minimum atomic E-state index is -0.112. The topological polar surface area (TPSA) is 88.5 Å². The van der Waals surface area contributed by atoms with Gasteiger partial charge in [-0.2, -0.15) is 5.10 Å². The van der Waals surface area contributed by atoms with Crippen LogP contribution in [0.5, 0.6) is 0 Å². The van der Waals surface area contributed by atoms with Gasteiger partial charge in [0.05, 0.1) is 12.7 Å². The molecular weight excluding hydrogens is 244 g/mol. The number of H-pyrrole nitrogens is 1. The lowest BCUT2D eigenvalue weighted by molar-refractivity contribution is 0.0946. The van der Waals surface area contributed by atoms with Gasteiger partial charge in [-0.1, -0.05) is 5.21 Å². The van der Waals surface area contributed by atoms with Crippen LogP contribution < -0.4 is 5.32 Å². The van der Waals surface area contributed by atoms with Crippen molar-refractivity contribution in [2.24, 2.45) is 0 Å². The van der Waals surface area contributed by atoms with E-state index in [-0.39, 0.29) is 5.91 Å². The van der Waals surface area contributed by atoms with Crippen molar-refractivity contribution < 1.29 is 4.79 Å². The van der Waals surface area contributed by atoms with Crippen LogP contribution in [-0.4, -0.2) is 37.6 Å². The lowest BCUT2D eigenvalue weighted by Crippen LogP contribution is -2.28. The summed E-state index contributed by atoms with van der Waals surface area (Å²) < 4.78 is 1.68. The predicted octanol–water partition coefficient (Wildman–Crippen LogP) is 0.310. The van der Waals surface area contributed by atoms with Crippen molar-refractivity contribution in [1.29, 1.82) is 0 Å². The molecule has 0 saturated carbocycles. The first-order valence-corrected chi connectivity index (χ1v) is 6.53. The van der Waals surface area contributed by atoms with E-state index in [2.05, 4.69) is 25.8 Å². The number of nitrogens with one attached hydrogen (secondary N) is 2. The van der Waals surface area contributed by atoms with Gasteiger partial charge in [0, 0.05) is 24.0 Å². The molecule has 0 aliphatic heterocycles. The van der Waals surface area contributed by atoms with Gasteiger partial charge in [0.2, 0.25) is 0 Å². The Morgan fingerprint density at radius 2 is 2.32 bits per heavy atom. The second-order valence-corrected chi connectivity index (χ2v) is 4.66. The van der Waals surface area contributed by atoms with Gasteiger partial charge >= 0.3 is 0 Å². The summed E-state index contributed by atoms with van der Waals surface area (Å²) in [6.45, 7) is 1.13. The fourth-order valence-corrected chi connectivity index (χ4v) is 2.39. The minimum Gasteiger partial charge on any atom is -0.349 e. The molecule has 100 valence electrons. The van der Waals surface area contributed by atoms with Gasteiger partial charge in [0.15, 0.2) is 5.69 Å². The number of carbonyl (C=O) groups is 1. The summed E-state index contributed by atoms with van der Waals surface area (Å²) in [5.74, 6) is -0.112. The molecule has 2 heterocycles. The molecule has 0 unspecified atom stereocenters. The number of rotatable bonds is 4. The van der Waals surface area contributed by atoms with E-state index < -0.39 is 0 Å². The third-order valence-electron chi connectivity index (χ3n) is 3.37. The minimum absolute atomic E-state index is 0.112. The van der Waals surface area contributed by atoms with Crippen LogP contribution in [0.4, 0.5) is 0 Å². The van der Waals surface area contributed by atoms with Crippen LogP contribution in [0, 0.1) is 0 Å². The van der Waals surface area contributed by atoms with E-state index in [0.717, 1.165) is 30.5 Å².